The molecule has 0 radical (unpaired) electrons. The zero-order valence-electron chi connectivity index (χ0n) is 7.35. The molecule has 0 saturated carbocycles. The summed E-state index contributed by atoms with van der Waals surface area (Å²) in [6, 6.07) is 0. The van der Waals surface area contributed by atoms with Crippen molar-refractivity contribution in [3.05, 3.63) is 0 Å². The average molecular weight is 174 g/mol. The predicted octanol–water partition coefficient (Wildman–Crippen LogP) is -1.11. The van der Waals surface area contributed by atoms with E-state index >= 15 is 0 Å². The van der Waals surface area contributed by atoms with Gasteiger partial charge in [0.05, 0.1) is 6.61 Å². The Kier molecular flexibility index (Phi) is 6.00. The quantitative estimate of drug-likeness (QED) is 0.519. The third kappa shape index (κ3) is 5.67. The van der Waals surface area contributed by atoms with Crippen LogP contribution in [-0.4, -0.2) is 39.1 Å². The van der Waals surface area contributed by atoms with Gasteiger partial charge in [0.15, 0.2) is 0 Å². The van der Waals surface area contributed by atoms with Gasteiger partial charge in [-0.15, -0.1) is 0 Å². The zero-order valence-corrected chi connectivity index (χ0v) is 7.35. The molecule has 0 fully saturated rings. The van der Waals surface area contributed by atoms with Crippen LogP contribution >= 0.6 is 0 Å². The first-order valence-corrected chi connectivity index (χ1v) is 3.69. The number of hydrogen-bond donors (Lipinski definition) is 2. The first-order valence-electron chi connectivity index (χ1n) is 3.69. The molecule has 0 bridgehead atoms. The van der Waals surface area contributed by atoms with Crippen molar-refractivity contribution in [2.45, 2.75) is 6.42 Å². The van der Waals surface area contributed by atoms with Gasteiger partial charge in [0, 0.05) is 20.5 Å². The SMILES string of the molecule is CNC(=O)CCOCC(=O)NC. The molecule has 0 rings (SSSR count). The topological polar surface area (TPSA) is 67.4 Å². The van der Waals surface area contributed by atoms with E-state index in [1.54, 1.807) is 7.05 Å². The van der Waals surface area contributed by atoms with E-state index in [-0.39, 0.29) is 31.4 Å². The van der Waals surface area contributed by atoms with Crippen LogP contribution in [0.2, 0.25) is 0 Å². The molecule has 0 spiro atoms. The molecule has 0 saturated heterocycles. The lowest BCUT2D eigenvalue weighted by atomic mass is 10.4. The Morgan fingerprint density at radius 3 is 2.25 bits per heavy atom. The number of ether oxygens (including phenoxy) is 1. The fourth-order valence-corrected chi connectivity index (χ4v) is 0.527. The Hall–Kier alpha value is -1.10. The fourth-order valence-electron chi connectivity index (χ4n) is 0.527. The molecule has 0 aliphatic rings. The highest BCUT2D eigenvalue weighted by Gasteiger charge is 1.99. The summed E-state index contributed by atoms with van der Waals surface area (Å²) in [7, 11) is 3.09. The maximum absolute atomic E-state index is 10.6. The predicted molar refractivity (Wildman–Crippen MR) is 43.6 cm³/mol. The van der Waals surface area contributed by atoms with Crippen molar-refractivity contribution in [3.8, 4) is 0 Å². The maximum Gasteiger partial charge on any atom is 0.245 e. The van der Waals surface area contributed by atoms with Gasteiger partial charge in [0.2, 0.25) is 11.8 Å². The number of likely N-dealkylation sites (N-methyl/N-ethyl adjacent to an activating group) is 1. The van der Waals surface area contributed by atoms with E-state index in [1.165, 1.54) is 7.05 Å². The third-order valence-corrected chi connectivity index (χ3v) is 1.26. The van der Waals surface area contributed by atoms with E-state index in [9.17, 15) is 9.59 Å². The van der Waals surface area contributed by atoms with E-state index in [4.69, 9.17) is 4.74 Å². The largest absolute Gasteiger partial charge is 0.371 e. The first kappa shape index (κ1) is 10.9. The fraction of sp³-hybridized carbons (Fsp3) is 0.714. The average Bonchev–Trinajstić information content (AvgIpc) is 2.11. The molecule has 0 aromatic carbocycles. The summed E-state index contributed by atoms with van der Waals surface area (Å²) < 4.78 is 4.89. The summed E-state index contributed by atoms with van der Waals surface area (Å²) in [5.41, 5.74) is 0. The van der Waals surface area contributed by atoms with Crippen molar-refractivity contribution in [1.29, 1.82) is 0 Å². The lowest BCUT2D eigenvalue weighted by Crippen LogP contribution is -2.25. The van der Waals surface area contributed by atoms with Crippen molar-refractivity contribution in [2.24, 2.45) is 0 Å². The van der Waals surface area contributed by atoms with Crippen molar-refractivity contribution in [1.82, 2.24) is 10.6 Å². The number of nitrogens with one attached hydrogen (secondary N) is 2. The molecular formula is C7H14N2O3. The van der Waals surface area contributed by atoms with Crippen LogP contribution in [0.25, 0.3) is 0 Å². The minimum absolute atomic E-state index is 0.00743. The Morgan fingerprint density at radius 1 is 1.17 bits per heavy atom. The molecule has 0 aromatic heterocycles. The molecule has 2 amide bonds. The van der Waals surface area contributed by atoms with Crippen LogP contribution in [0.15, 0.2) is 0 Å². The Morgan fingerprint density at radius 2 is 1.75 bits per heavy atom. The van der Waals surface area contributed by atoms with Gasteiger partial charge in [-0.1, -0.05) is 0 Å². The minimum atomic E-state index is -0.188. The van der Waals surface area contributed by atoms with Crippen molar-refractivity contribution < 1.29 is 14.3 Å². The van der Waals surface area contributed by atoms with E-state index in [2.05, 4.69) is 10.6 Å². The van der Waals surface area contributed by atoms with Gasteiger partial charge in [-0.3, -0.25) is 9.59 Å². The standard InChI is InChI=1S/C7H14N2O3/c1-8-6(10)3-4-12-5-7(11)9-2/h3-5H2,1-2H3,(H,8,10)(H,9,11). The molecule has 5 heteroatoms. The van der Waals surface area contributed by atoms with Gasteiger partial charge >= 0.3 is 0 Å². The maximum atomic E-state index is 10.6. The van der Waals surface area contributed by atoms with E-state index in [0.717, 1.165) is 0 Å². The third-order valence-electron chi connectivity index (χ3n) is 1.26. The summed E-state index contributed by atoms with van der Waals surface area (Å²) in [6.07, 6.45) is 0.285. The molecule has 0 aliphatic heterocycles. The van der Waals surface area contributed by atoms with Gasteiger partial charge in [-0.05, 0) is 0 Å². The molecule has 2 N–H and O–H groups in total. The molecule has 12 heavy (non-hydrogen) atoms. The molecule has 70 valence electrons. The van der Waals surface area contributed by atoms with Crippen LogP contribution in [0.1, 0.15) is 6.42 Å². The van der Waals surface area contributed by atoms with Crippen LogP contribution in [0, 0.1) is 0 Å². The second-order valence-electron chi connectivity index (χ2n) is 2.15. The summed E-state index contributed by atoms with van der Waals surface area (Å²) in [4.78, 5) is 21.2. The Labute approximate surface area is 71.5 Å². The summed E-state index contributed by atoms with van der Waals surface area (Å²) in [5, 5.41) is 4.85. The Bertz CT molecular complexity index is 141. The van der Waals surface area contributed by atoms with Crippen LogP contribution in [0.3, 0.4) is 0 Å². The summed E-state index contributed by atoms with van der Waals surface area (Å²) in [6.45, 7) is 0.278. The molecule has 0 unspecified atom stereocenters. The molecule has 0 atom stereocenters. The molecule has 0 aliphatic carbocycles. The molecular weight excluding hydrogens is 160 g/mol. The van der Waals surface area contributed by atoms with Crippen LogP contribution in [-0.2, 0) is 14.3 Å². The number of carbonyl (C=O) groups excluding carboxylic acids is 2. The van der Waals surface area contributed by atoms with E-state index in [0.29, 0.717) is 0 Å². The zero-order chi connectivity index (χ0) is 9.40. The molecule has 5 nitrogen and oxygen atoms in total. The summed E-state index contributed by atoms with van der Waals surface area (Å²) in [5.74, 6) is -0.279. The summed E-state index contributed by atoms with van der Waals surface area (Å²) >= 11 is 0. The Balaban J connectivity index is 3.21. The molecule has 0 aromatic rings. The van der Waals surface area contributed by atoms with Gasteiger partial charge in [0.25, 0.3) is 0 Å². The number of rotatable bonds is 5. The van der Waals surface area contributed by atoms with Crippen molar-refractivity contribution in [3.63, 3.8) is 0 Å². The van der Waals surface area contributed by atoms with Crippen LogP contribution in [0.5, 0.6) is 0 Å². The minimum Gasteiger partial charge on any atom is -0.371 e. The van der Waals surface area contributed by atoms with Crippen molar-refractivity contribution >= 4 is 11.8 Å². The van der Waals surface area contributed by atoms with Crippen LogP contribution < -0.4 is 10.6 Å². The lowest BCUT2D eigenvalue weighted by Gasteiger charge is -2.01. The monoisotopic (exact) mass is 174 g/mol. The van der Waals surface area contributed by atoms with E-state index in [1.807, 2.05) is 0 Å². The normalized spacial score (nSPS) is 9.17. The molecule has 0 heterocycles. The first-order chi connectivity index (χ1) is 5.70. The van der Waals surface area contributed by atoms with Crippen LogP contribution in [0.4, 0.5) is 0 Å². The van der Waals surface area contributed by atoms with Gasteiger partial charge < -0.3 is 15.4 Å². The highest BCUT2D eigenvalue weighted by Crippen LogP contribution is 1.81. The second kappa shape index (κ2) is 6.60. The van der Waals surface area contributed by atoms with Crippen molar-refractivity contribution in [2.75, 3.05) is 27.3 Å². The van der Waals surface area contributed by atoms with E-state index < -0.39 is 0 Å². The smallest absolute Gasteiger partial charge is 0.245 e. The number of hydrogen-bond acceptors (Lipinski definition) is 3. The highest BCUT2D eigenvalue weighted by molar-refractivity contribution is 5.77. The van der Waals surface area contributed by atoms with Gasteiger partial charge in [-0.25, -0.2) is 0 Å². The highest BCUT2D eigenvalue weighted by atomic mass is 16.5. The van der Waals surface area contributed by atoms with Gasteiger partial charge in [-0.2, -0.15) is 0 Å². The van der Waals surface area contributed by atoms with Gasteiger partial charge in [0.1, 0.15) is 6.61 Å². The number of carbonyl (C=O) groups is 2. The number of amides is 2. The second-order valence-corrected chi connectivity index (χ2v) is 2.15. The lowest BCUT2D eigenvalue weighted by molar-refractivity contribution is -0.127.